The lowest BCUT2D eigenvalue weighted by molar-refractivity contribution is 0.0992. The fraction of sp³-hybridized carbons (Fsp3) is 0.769. The van der Waals surface area contributed by atoms with Crippen LogP contribution in [-0.4, -0.2) is 25.2 Å². The first-order valence-electron chi connectivity index (χ1n) is 6.35. The van der Waals surface area contributed by atoms with Gasteiger partial charge in [-0.25, -0.2) is 4.98 Å². The Hall–Kier alpha value is -0.490. The summed E-state index contributed by atoms with van der Waals surface area (Å²) >= 11 is 1.72. The Bertz CT molecular complexity index is 349. The smallest absolute Gasteiger partial charge is 0.122 e. The predicted octanol–water partition coefficient (Wildman–Crippen LogP) is 2.89. The van der Waals surface area contributed by atoms with Crippen LogP contribution in [0.15, 0.2) is 0 Å². The molecule has 5 heteroatoms. The van der Waals surface area contributed by atoms with Gasteiger partial charge in [0.25, 0.3) is 0 Å². The van der Waals surface area contributed by atoms with Gasteiger partial charge in [-0.2, -0.15) is 0 Å². The standard InChI is InChI=1S/C13H24N2O2S/c1-6-11(17-5)13-15-10(8-16-4)12(18-13)7-14-9(2)3/h9,11,14H,6-8H2,1-5H3. The molecule has 4 nitrogen and oxygen atoms in total. The summed E-state index contributed by atoms with van der Waals surface area (Å²) in [5, 5.41) is 4.47. The number of nitrogens with one attached hydrogen (secondary N) is 1. The molecule has 0 saturated heterocycles. The van der Waals surface area contributed by atoms with Crippen LogP contribution in [0.1, 0.15) is 48.9 Å². The van der Waals surface area contributed by atoms with E-state index in [-0.39, 0.29) is 6.10 Å². The van der Waals surface area contributed by atoms with Crippen LogP contribution in [0.5, 0.6) is 0 Å². The van der Waals surface area contributed by atoms with Crippen LogP contribution in [0.4, 0.5) is 0 Å². The average Bonchev–Trinajstić information content (AvgIpc) is 2.72. The summed E-state index contributed by atoms with van der Waals surface area (Å²) in [6, 6.07) is 0.468. The van der Waals surface area contributed by atoms with E-state index in [1.54, 1.807) is 25.6 Å². The molecule has 0 radical (unpaired) electrons. The van der Waals surface area contributed by atoms with Gasteiger partial charge in [0.2, 0.25) is 0 Å². The van der Waals surface area contributed by atoms with Gasteiger partial charge in [-0.05, 0) is 6.42 Å². The summed E-state index contributed by atoms with van der Waals surface area (Å²) in [6.07, 6.45) is 1.03. The van der Waals surface area contributed by atoms with E-state index < -0.39 is 0 Å². The van der Waals surface area contributed by atoms with E-state index in [0.717, 1.165) is 23.7 Å². The SMILES string of the molecule is CCC(OC)c1nc(COC)c(CNC(C)C)s1. The normalized spacial score (nSPS) is 13.2. The van der Waals surface area contributed by atoms with Gasteiger partial charge in [0.05, 0.1) is 12.3 Å². The number of hydrogen-bond acceptors (Lipinski definition) is 5. The zero-order chi connectivity index (χ0) is 13.5. The summed E-state index contributed by atoms with van der Waals surface area (Å²) in [7, 11) is 3.43. The molecule has 0 aliphatic heterocycles. The zero-order valence-corrected chi connectivity index (χ0v) is 12.8. The van der Waals surface area contributed by atoms with Crippen LogP contribution < -0.4 is 5.32 Å². The molecule has 1 atom stereocenters. The number of methoxy groups -OCH3 is 2. The Kier molecular flexibility index (Phi) is 6.78. The summed E-state index contributed by atoms with van der Waals surface area (Å²) < 4.78 is 10.7. The van der Waals surface area contributed by atoms with Crippen LogP contribution in [0, 0.1) is 0 Å². The van der Waals surface area contributed by atoms with E-state index in [0.29, 0.717) is 12.6 Å². The highest BCUT2D eigenvalue weighted by Crippen LogP contribution is 2.28. The number of ether oxygens (including phenoxy) is 2. The first-order valence-corrected chi connectivity index (χ1v) is 7.17. The molecule has 0 aromatic carbocycles. The minimum atomic E-state index is 0.0957. The zero-order valence-electron chi connectivity index (χ0n) is 11.9. The number of hydrogen-bond donors (Lipinski definition) is 1. The second kappa shape index (κ2) is 7.84. The van der Waals surface area contributed by atoms with Crippen molar-refractivity contribution < 1.29 is 9.47 Å². The minimum Gasteiger partial charge on any atom is -0.378 e. The van der Waals surface area contributed by atoms with Gasteiger partial charge >= 0.3 is 0 Å². The number of aromatic nitrogens is 1. The molecule has 0 fully saturated rings. The molecule has 104 valence electrons. The number of rotatable bonds is 8. The maximum Gasteiger partial charge on any atom is 0.122 e. The molecule has 1 N–H and O–H groups in total. The fourth-order valence-electron chi connectivity index (χ4n) is 1.67. The van der Waals surface area contributed by atoms with Crippen molar-refractivity contribution >= 4 is 11.3 Å². The van der Waals surface area contributed by atoms with Crippen molar-refractivity contribution in [2.24, 2.45) is 0 Å². The maximum absolute atomic E-state index is 5.44. The predicted molar refractivity (Wildman–Crippen MR) is 74.8 cm³/mol. The number of thiazole rings is 1. The third-order valence-corrected chi connectivity index (χ3v) is 3.87. The monoisotopic (exact) mass is 272 g/mol. The molecule has 0 amide bonds. The Labute approximate surface area is 114 Å². The van der Waals surface area contributed by atoms with Gasteiger partial charge in [0, 0.05) is 31.7 Å². The van der Waals surface area contributed by atoms with Crippen molar-refractivity contribution in [3.8, 4) is 0 Å². The Morgan fingerprint density at radius 3 is 2.56 bits per heavy atom. The van der Waals surface area contributed by atoms with Crippen LogP contribution in [0.3, 0.4) is 0 Å². The lowest BCUT2D eigenvalue weighted by Gasteiger charge is -2.08. The largest absolute Gasteiger partial charge is 0.378 e. The van der Waals surface area contributed by atoms with Crippen LogP contribution in [-0.2, 0) is 22.6 Å². The molecule has 1 aromatic rings. The Morgan fingerprint density at radius 1 is 1.33 bits per heavy atom. The van der Waals surface area contributed by atoms with Gasteiger partial charge in [0.15, 0.2) is 0 Å². The average molecular weight is 272 g/mol. The summed E-state index contributed by atoms with van der Waals surface area (Å²) in [5.74, 6) is 0. The van der Waals surface area contributed by atoms with Crippen molar-refractivity contribution in [1.82, 2.24) is 10.3 Å². The molecule has 0 bridgehead atoms. The molecule has 1 rings (SSSR count). The lowest BCUT2D eigenvalue weighted by Crippen LogP contribution is -2.21. The summed E-state index contributed by atoms with van der Waals surface area (Å²) in [6.45, 7) is 7.79. The van der Waals surface area contributed by atoms with Crippen molar-refractivity contribution in [1.29, 1.82) is 0 Å². The van der Waals surface area contributed by atoms with Gasteiger partial charge in [-0.1, -0.05) is 20.8 Å². The fourth-order valence-corrected chi connectivity index (χ4v) is 2.85. The Balaban J connectivity index is 2.85. The van der Waals surface area contributed by atoms with Gasteiger partial charge in [-0.15, -0.1) is 11.3 Å². The minimum absolute atomic E-state index is 0.0957. The van der Waals surface area contributed by atoms with E-state index in [9.17, 15) is 0 Å². The maximum atomic E-state index is 5.44. The quantitative estimate of drug-likeness (QED) is 0.790. The Morgan fingerprint density at radius 2 is 2.06 bits per heavy atom. The second-order valence-corrected chi connectivity index (χ2v) is 5.64. The lowest BCUT2D eigenvalue weighted by atomic mass is 10.3. The highest BCUT2D eigenvalue weighted by atomic mass is 32.1. The molecular formula is C13H24N2O2S. The van der Waals surface area contributed by atoms with Crippen molar-refractivity contribution in [2.45, 2.75) is 52.5 Å². The first-order chi connectivity index (χ1) is 8.62. The van der Waals surface area contributed by atoms with Crippen molar-refractivity contribution in [3.05, 3.63) is 15.6 Å². The van der Waals surface area contributed by atoms with E-state index in [2.05, 4.69) is 31.1 Å². The topological polar surface area (TPSA) is 43.4 Å². The number of nitrogens with zero attached hydrogens (tertiary/aromatic N) is 1. The molecule has 0 aliphatic rings. The van der Waals surface area contributed by atoms with Crippen LogP contribution in [0.25, 0.3) is 0 Å². The molecule has 1 aromatic heterocycles. The third kappa shape index (κ3) is 4.31. The third-order valence-electron chi connectivity index (χ3n) is 2.68. The van der Waals surface area contributed by atoms with Crippen molar-refractivity contribution in [2.75, 3.05) is 14.2 Å². The first kappa shape index (κ1) is 15.6. The molecular weight excluding hydrogens is 248 g/mol. The van der Waals surface area contributed by atoms with Gasteiger partial charge in [0.1, 0.15) is 11.1 Å². The molecule has 18 heavy (non-hydrogen) atoms. The molecule has 0 spiro atoms. The molecule has 1 heterocycles. The highest BCUT2D eigenvalue weighted by molar-refractivity contribution is 7.11. The van der Waals surface area contributed by atoms with E-state index >= 15 is 0 Å². The highest BCUT2D eigenvalue weighted by Gasteiger charge is 2.17. The van der Waals surface area contributed by atoms with Crippen LogP contribution in [0.2, 0.25) is 0 Å². The van der Waals surface area contributed by atoms with Gasteiger partial charge in [-0.3, -0.25) is 0 Å². The summed E-state index contributed by atoms with van der Waals surface area (Å²) in [5.41, 5.74) is 1.03. The second-order valence-electron chi connectivity index (χ2n) is 4.52. The van der Waals surface area contributed by atoms with Crippen LogP contribution >= 0.6 is 11.3 Å². The molecule has 0 aliphatic carbocycles. The van der Waals surface area contributed by atoms with E-state index in [1.807, 2.05) is 0 Å². The molecule has 1 unspecified atom stereocenters. The van der Waals surface area contributed by atoms with Gasteiger partial charge < -0.3 is 14.8 Å². The van der Waals surface area contributed by atoms with Crippen molar-refractivity contribution in [3.63, 3.8) is 0 Å². The van der Waals surface area contributed by atoms with E-state index in [1.165, 1.54) is 4.88 Å². The summed E-state index contributed by atoms with van der Waals surface area (Å²) in [4.78, 5) is 5.89. The molecule has 0 saturated carbocycles. The van der Waals surface area contributed by atoms with E-state index in [4.69, 9.17) is 9.47 Å².